The van der Waals surface area contributed by atoms with Gasteiger partial charge in [-0.15, -0.1) is 0 Å². The van der Waals surface area contributed by atoms with E-state index in [-0.39, 0.29) is 17.2 Å². The summed E-state index contributed by atoms with van der Waals surface area (Å²) >= 11 is 0. The van der Waals surface area contributed by atoms with Gasteiger partial charge in [-0.1, -0.05) is 19.4 Å². The molecule has 1 aliphatic carbocycles. The van der Waals surface area contributed by atoms with Gasteiger partial charge in [0.1, 0.15) is 0 Å². The quantitative estimate of drug-likeness (QED) is 0.704. The minimum absolute atomic E-state index is 0.00924. The molecule has 1 rings (SSSR count). The van der Waals surface area contributed by atoms with Crippen LogP contribution in [0.25, 0.3) is 0 Å². The average molecular weight is 252 g/mol. The van der Waals surface area contributed by atoms with E-state index in [0.717, 1.165) is 24.8 Å². The standard InChI is InChI=1S/C15H24O3/c1-11-7-6-10-15(2,3)14(11)12(16)8-5-9-13(17)18-4/h5-10H2,1-4H3. The van der Waals surface area contributed by atoms with Crippen molar-refractivity contribution in [2.75, 3.05) is 7.11 Å². The van der Waals surface area contributed by atoms with Gasteiger partial charge >= 0.3 is 5.97 Å². The molecule has 0 aromatic heterocycles. The van der Waals surface area contributed by atoms with Gasteiger partial charge in [-0.3, -0.25) is 9.59 Å². The molecule has 0 heterocycles. The van der Waals surface area contributed by atoms with E-state index in [1.165, 1.54) is 12.7 Å². The van der Waals surface area contributed by atoms with Gasteiger partial charge in [0, 0.05) is 12.8 Å². The second-order valence-electron chi connectivity index (χ2n) is 5.75. The fourth-order valence-electron chi connectivity index (χ4n) is 2.86. The normalized spacial score (nSPS) is 18.7. The Labute approximate surface area is 110 Å². The monoisotopic (exact) mass is 252 g/mol. The van der Waals surface area contributed by atoms with Crippen molar-refractivity contribution in [1.82, 2.24) is 0 Å². The number of ether oxygens (including phenoxy) is 1. The fraction of sp³-hybridized carbons (Fsp3) is 0.733. The fourth-order valence-corrected chi connectivity index (χ4v) is 2.86. The maximum Gasteiger partial charge on any atom is 0.305 e. The van der Waals surface area contributed by atoms with Crippen molar-refractivity contribution in [2.45, 2.75) is 59.3 Å². The maximum atomic E-state index is 12.3. The second-order valence-corrected chi connectivity index (χ2v) is 5.75. The smallest absolute Gasteiger partial charge is 0.305 e. The van der Waals surface area contributed by atoms with Crippen LogP contribution in [0.4, 0.5) is 0 Å². The molecule has 0 saturated heterocycles. The number of hydrogen-bond acceptors (Lipinski definition) is 3. The van der Waals surface area contributed by atoms with Gasteiger partial charge in [0.25, 0.3) is 0 Å². The zero-order valence-electron chi connectivity index (χ0n) is 12.0. The maximum absolute atomic E-state index is 12.3. The average Bonchev–Trinajstić information content (AvgIpc) is 2.27. The third-order valence-corrected chi connectivity index (χ3v) is 3.75. The molecule has 18 heavy (non-hydrogen) atoms. The molecule has 0 unspecified atom stereocenters. The van der Waals surface area contributed by atoms with Gasteiger partial charge < -0.3 is 4.74 Å². The lowest BCUT2D eigenvalue weighted by molar-refractivity contribution is -0.140. The Balaban J connectivity index is 2.62. The summed E-state index contributed by atoms with van der Waals surface area (Å²) in [4.78, 5) is 23.3. The predicted molar refractivity (Wildman–Crippen MR) is 71.2 cm³/mol. The van der Waals surface area contributed by atoms with Gasteiger partial charge in [-0.2, -0.15) is 0 Å². The zero-order chi connectivity index (χ0) is 13.8. The molecular weight excluding hydrogens is 228 g/mol. The van der Waals surface area contributed by atoms with Crippen molar-refractivity contribution < 1.29 is 14.3 Å². The minimum Gasteiger partial charge on any atom is -0.469 e. The van der Waals surface area contributed by atoms with E-state index < -0.39 is 0 Å². The predicted octanol–water partition coefficient (Wildman–Crippen LogP) is 3.43. The van der Waals surface area contributed by atoms with Crippen LogP contribution >= 0.6 is 0 Å². The highest BCUT2D eigenvalue weighted by Crippen LogP contribution is 2.41. The summed E-state index contributed by atoms with van der Waals surface area (Å²) in [5, 5.41) is 0. The molecule has 3 nitrogen and oxygen atoms in total. The van der Waals surface area contributed by atoms with E-state index in [1.807, 2.05) is 0 Å². The van der Waals surface area contributed by atoms with Crippen molar-refractivity contribution in [2.24, 2.45) is 5.41 Å². The van der Waals surface area contributed by atoms with Gasteiger partial charge in [0.15, 0.2) is 5.78 Å². The summed E-state index contributed by atoms with van der Waals surface area (Å²) in [7, 11) is 1.38. The summed E-state index contributed by atoms with van der Waals surface area (Å²) < 4.78 is 4.58. The third-order valence-electron chi connectivity index (χ3n) is 3.75. The number of esters is 1. The van der Waals surface area contributed by atoms with Crippen molar-refractivity contribution in [3.63, 3.8) is 0 Å². The zero-order valence-corrected chi connectivity index (χ0v) is 12.0. The molecule has 0 bridgehead atoms. The molecule has 0 N–H and O–H groups in total. The molecule has 3 heteroatoms. The molecule has 0 aromatic carbocycles. The van der Waals surface area contributed by atoms with Crippen LogP contribution in [-0.2, 0) is 14.3 Å². The van der Waals surface area contributed by atoms with Gasteiger partial charge in [-0.05, 0) is 43.6 Å². The first kappa shape index (κ1) is 14.9. The summed E-state index contributed by atoms with van der Waals surface area (Å²) in [6, 6.07) is 0. The lowest BCUT2D eigenvalue weighted by Gasteiger charge is -2.33. The SMILES string of the molecule is COC(=O)CCCC(=O)C1=C(C)CCCC1(C)C. The van der Waals surface area contributed by atoms with E-state index in [0.29, 0.717) is 19.3 Å². The lowest BCUT2D eigenvalue weighted by Crippen LogP contribution is -2.26. The van der Waals surface area contributed by atoms with Crippen LogP contribution in [0.5, 0.6) is 0 Å². The van der Waals surface area contributed by atoms with E-state index in [2.05, 4.69) is 25.5 Å². The Morgan fingerprint density at radius 1 is 1.28 bits per heavy atom. The molecule has 0 spiro atoms. The number of carbonyl (C=O) groups is 2. The lowest BCUT2D eigenvalue weighted by atomic mass is 9.70. The molecule has 0 atom stereocenters. The van der Waals surface area contributed by atoms with Crippen LogP contribution in [0.2, 0.25) is 0 Å². The summed E-state index contributed by atoms with van der Waals surface area (Å²) in [5.41, 5.74) is 2.22. The summed E-state index contributed by atoms with van der Waals surface area (Å²) in [6.45, 7) is 6.35. The van der Waals surface area contributed by atoms with Crippen LogP contribution in [0.15, 0.2) is 11.1 Å². The van der Waals surface area contributed by atoms with Crippen molar-refractivity contribution in [1.29, 1.82) is 0 Å². The second kappa shape index (κ2) is 6.17. The number of carbonyl (C=O) groups excluding carboxylic acids is 2. The molecule has 0 aromatic rings. The van der Waals surface area contributed by atoms with Crippen LogP contribution in [0.3, 0.4) is 0 Å². The molecule has 0 aliphatic heterocycles. The summed E-state index contributed by atoms with van der Waals surface area (Å²) in [5.74, 6) is -0.0301. The number of ketones is 1. The topological polar surface area (TPSA) is 43.4 Å². The third kappa shape index (κ3) is 3.69. The Bertz CT molecular complexity index is 364. The molecule has 0 amide bonds. The molecule has 102 valence electrons. The molecular formula is C15H24O3. The highest BCUT2D eigenvalue weighted by molar-refractivity contribution is 5.97. The first-order valence-corrected chi connectivity index (χ1v) is 6.68. The molecule has 0 fully saturated rings. The van der Waals surface area contributed by atoms with Gasteiger partial charge in [-0.25, -0.2) is 0 Å². The van der Waals surface area contributed by atoms with Crippen molar-refractivity contribution in [3.8, 4) is 0 Å². The van der Waals surface area contributed by atoms with Gasteiger partial charge in [0.05, 0.1) is 7.11 Å². The van der Waals surface area contributed by atoms with Gasteiger partial charge in [0.2, 0.25) is 0 Å². The van der Waals surface area contributed by atoms with E-state index in [9.17, 15) is 9.59 Å². The first-order valence-electron chi connectivity index (χ1n) is 6.68. The van der Waals surface area contributed by atoms with E-state index in [1.54, 1.807) is 0 Å². The largest absolute Gasteiger partial charge is 0.469 e. The van der Waals surface area contributed by atoms with Crippen molar-refractivity contribution >= 4 is 11.8 Å². The molecule has 0 saturated carbocycles. The van der Waals surface area contributed by atoms with Crippen LogP contribution in [0.1, 0.15) is 59.3 Å². The summed E-state index contributed by atoms with van der Waals surface area (Å²) in [6.07, 6.45) is 4.63. The number of Topliss-reactive ketones (excluding diaryl/α,β-unsaturated/α-hetero) is 1. The number of rotatable bonds is 5. The van der Waals surface area contributed by atoms with Crippen LogP contribution in [-0.4, -0.2) is 18.9 Å². The van der Waals surface area contributed by atoms with E-state index >= 15 is 0 Å². The van der Waals surface area contributed by atoms with Crippen LogP contribution in [0, 0.1) is 5.41 Å². The Morgan fingerprint density at radius 2 is 1.94 bits per heavy atom. The van der Waals surface area contributed by atoms with E-state index in [4.69, 9.17) is 0 Å². The number of hydrogen-bond donors (Lipinski definition) is 0. The molecule has 0 radical (unpaired) electrons. The highest BCUT2D eigenvalue weighted by Gasteiger charge is 2.32. The number of allylic oxidation sites excluding steroid dienone is 2. The Kier molecular flexibility index (Phi) is 5.12. The minimum atomic E-state index is -0.239. The first-order chi connectivity index (χ1) is 8.38. The van der Waals surface area contributed by atoms with Crippen LogP contribution < -0.4 is 0 Å². The Morgan fingerprint density at radius 3 is 2.50 bits per heavy atom. The number of methoxy groups -OCH3 is 1. The van der Waals surface area contributed by atoms with Crippen molar-refractivity contribution in [3.05, 3.63) is 11.1 Å². The highest BCUT2D eigenvalue weighted by atomic mass is 16.5. The molecule has 1 aliphatic rings. The Hall–Kier alpha value is -1.12.